The van der Waals surface area contributed by atoms with Gasteiger partial charge in [-0.3, -0.25) is 10.1 Å². The summed E-state index contributed by atoms with van der Waals surface area (Å²) in [6, 6.07) is 26.7. The molecule has 4 rings (SSSR count). The number of carbonyl (C=O) groups is 1. The Kier molecular flexibility index (Phi) is 6.69. The van der Waals surface area contributed by atoms with E-state index in [1.54, 1.807) is 12.1 Å². The first-order valence-corrected chi connectivity index (χ1v) is 11.4. The molecule has 0 spiro atoms. The van der Waals surface area contributed by atoms with E-state index in [1.165, 1.54) is 24.3 Å². The first-order chi connectivity index (χ1) is 15.6. The summed E-state index contributed by atoms with van der Waals surface area (Å²) in [7, 11) is -0.985. The molecule has 0 heterocycles. The Hall–Kier alpha value is -3.82. The summed E-state index contributed by atoms with van der Waals surface area (Å²) in [6.45, 7) is 0. The van der Waals surface area contributed by atoms with Crippen LogP contribution in [0, 0.1) is 10.1 Å². The van der Waals surface area contributed by atoms with Crippen LogP contribution < -0.4 is 15.9 Å². The summed E-state index contributed by atoms with van der Waals surface area (Å²) in [4.78, 5) is 23.8. The molecule has 0 radical (unpaired) electrons. The van der Waals surface area contributed by atoms with Gasteiger partial charge in [0.05, 0.1) is 5.56 Å². The number of rotatable bonds is 6. The van der Waals surface area contributed by atoms with E-state index in [0.29, 0.717) is 5.56 Å². The molecule has 158 valence electrons. The minimum atomic E-state index is -0.985. The number of nitro groups is 1. The summed E-state index contributed by atoms with van der Waals surface area (Å²) in [5, 5.41) is 14.2. The molecule has 1 unspecified atom stereocenters. The van der Waals surface area contributed by atoms with E-state index in [9.17, 15) is 14.9 Å². The zero-order valence-corrected chi connectivity index (χ0v) is 18.0. The van der Waals surface area contributed by atoms with Crippen molar-refractivity contribution in [3.63, 3.8) is 0 Å². The fourth-order valence-electron chi connectivity index (χ4n) is 3.37. The molecule has 3 aromatic carbocycles. The lowest BCUT2D eigenvalue weighted by atomic mass is 10.2. The van der Waals surface area contributed by atoms with Gasteiger partial charge in [-0.15, -0.1) is 0 Å². The third kappa shape index (κ3) is 4.90. The molecule has 0 bridgehead atoms. The summed E-state index contributed by atoms with van der Waals surface area (Å²) >= 11 is 0. The quantitative estimate of drug-likeness (QED) is 0.248. The standard InChI is InChI=1S/C26H20NO4P/c28-26(31-21-11-9-10-20(18-19-21)27(29)30)24-16-7-8-17-25(24)32(22-12-3-1-4-13-22)23-14-5-2-6-15-23/h1-20H. The number of allylic oxidation sites excluding steroid dienone is 3. The summed E-state index contributed by atoms with van der Waals surface area (Å²) < 4.78 is 5.62. The fraction of sp³-hybridized carbons (Fsp3) is 0.0385. The van der Waals surface area contributed by atoms with Crippen LogP contribution in [-0.2, 0) is 4.74 Å². The summed E-state index contributed by atoms with van der Waals surface area (Å²) in [6.07, 6.45) is 7.39. The van der Waals surface area contributed by atoms with Gasteiger partial charge in [0.25, 0.3) is 0 Å². The van der Waals surface area contributed by atoms with Gasteiger partial charge >= 0.3 is 5.97 Å². The lowest BCUT2D eigenvalue weighted by molar-refractivity contribution is -0.496. The van der Waals surface area contributed by atoms with Gasteiger partial charge in [0.2, 0.25) is 6.04 Å². The third-order valence-electron chi connectivity index (χ3n) is 4.87. The zero-order valence-electron chi connectivity index (χ0n) is 17.1. The van der Waals surface area contributed by atoms with Gasteiger partial charge in [0.1, 0.15) is 5.76 Å². The van der Waals surface area contributed by atoms with Gasteiger partial charge in [0, 0.05) is 4.92 Å². The van der Waals surface area contributed by atoms with E-state index in [0.717, 1.165) is 15.9 Å². The molecule has 1 atom stereocenters. The Labute approximate surface area is 187 Å². The van der Waals surface area contributed by atoms with E-state index in [2.05, 4.69) is 24.3 Å². The normalized spacial score (nSPS) is 15.2. The van der Waals surface area contributed by atoms with Crippen molar-refractivity contribution in [3.8, 4) is 0 Å². The van der Waals surface area contributed by atoms with Crippen molar-refractivity contribution >= 4 is 29.8 Å². The van der Waals surface area contributed by atoms with Crippen LogP contribution in [0.4, 0.5) is 0 Å². The van der Waals surface area contributed by atoms with Crippen LogP contribution in [0.3, 0.4) is 0 Å². The maximum atomic E-state index is 13.2. The first-order valence-electron chi connectivity index (χ1n) is 10.0. The molecule has 32 heavy (non-hydrogen) atoms. The molecule has 5 nitrogen and oxygen atoms in total. The molecule has 6 heteroatoms. The number of ether oxygens (including phenoxy) is 1. The number of carbonyl (C=O) groups excluding carboxylic acids is 1. The minimum Gasteiger partial charge on any atom is -0.423 e. The second kappa shape index (κ2) is 9.99. The molecule has 0 fully saturated rings. The highest BCUT2D eigenvalue weighted by atomic mass is 31.1. The predicted molar refractivity (Wildman–Crippen MR) is 128 cm³/mol. The highest BCUT2D eigenvalue weighted by Crippen LogP contribution is 2.34. The van der Waals surface area contributed by atoms with Crippen LogP contribution in [0.2, 0.25) is 0 Å². The Balaban J connectivity index is 1.69. The van der Waals surface area contributed by atoms with Crippen molar-refractivity contribution in [2.24, 2.45) is 0 Å². The van der Waals surface area contributed by atoms with Gasteiger partial charge < -0.3 is 4.74 Å². The Bertz CT molecular complexity index is 1160. The molecule has 0 N–H and O–H groups in total. The lowest BCUT2D eigenvalue weighted by Crippen LogP contribution is -2.25. The number of hydrogen-bond donors (Lipinski definition) is 0. The molecule has 0 saturated carbocycles. The SMILES string of the molecule is O=C(OC1=CC=CC([N+](=O)[O-])C=C1)c1ccccc1P(c1ccccc1)c1ccccc1. The maximum absolute atomic E-state index is 13.2. The van der Waals surface area contributed by atoms with Crippen molar-refractivity contribution in [2.75, 3.05) is 0 Å². The van der Waals surface area contributed by atoms with Crippen LogP contribution in [0.5, 0.6) is 0 Å². The molecule has 0 amide bonds. The third-order valence-corrected chi connectivity index (χ3v) is 7.37. The van der Waals surface area contributed by atoms with E-state index < -0.39 is 24.9 Å². The maximum Gasteiger partial charge on any atom is 0.344 e. The topological polar surface area (TPSA) is 69.4 Å². The summed E-state index contributed by atoms with van der Waals surface area (Å²) in [5.74, 6) is -0.238. The van der Waals surface area contributed by atoms with Crippen LogP contribution in [-0.4, -0.2) is 16.9 Å². The van der Waals surface area contributed by atoms with Crippen molar-refractivity contribution in [1.82, 2.24) is 0 Å². The van der Waals surface area contributed by atoms with Crippen LogP contribution >= 0.6 is 7.92 Å². The Morgan fingerprint density at radius 2 is 1.44 bits per heavy atom. The van der Waals surface area contributed by atoms with Crippen molar-refractivity contribution < 1.29 is 14.5 Å². The molecule has 1 aliphatic carbocycles. The van der Waals surface area contributed by atoms with Crippen LogP contribution in [0.1, 0.15) is 10.4 Å². The van der Waals surface area contributed by atoms with Gasteiger partial charge in [-0.25, -0.2) is 4.79 Å². The van der Waals surface area contributed by atoms with Crippen LogP contribution in [0.15, 0.2) is 121 Å². The first kappa shape index (κ1) is 21.4. The van der Waals surface area contributed by atoms with Crippen LogP contribution in [0.25, 0.3) is 0 Å². The van der Waals surface area contributed by atoms with Crippen molar-refractivity contribution in [1.29, 1.82) is 0 Å². The van der Waals surface area contributed by atoms with Crippen molar-refractivity contribution in [3.05, 3.63) is 137 Å². The van der Waals surface area contributed by atoms with Gasteiger partial charge in [-0.2, -0.15) is 0 Å². The second-order valence-corrected chi connectivity index (χ2v) is 9.19. The Morgan fingerprint density at radius 3 is 2.06 bits per heavy atom. The number of benzene rings is 3. The smallest absolute Gasteiger partial charge is 0.344 e. The second-order valence-electron chi connectivity index (χ2n) is 7.00. The largest absolute Gasteiger partial charge is 0.423 e. The van der Waals surface area contributed by atoms with Crippen molar-refractivity contribution in [2.45, 2.75) is 6.04 Å². The minimum absolute atomic E-state index is 0.258. The van der Waals surface area contributed by atoms with E-state index >= 15 is 0 Å². The number of nitrogens with zero attached hydrogens (tertiary/aromatic N) is 1. The molecule has 1 aliphatic rings. The fourth-order valence-corrected chi connectivity index (χ4v) is 5.81. The molecule has 0 aromatic heterocycles. The van der Waals surface area contributed by atoms with E-state index in [-0.39, 0.29) is 5.76 Å². The predicted octanol–water partition coefficient (Wildman–Crippen LogP) is 4.26. The summed E-state index contributed by atoms with van der Waals surface area (Å²) in [5.41, 5.74) is 0.472. The van der Waals surface area contributed by atoms with Gasteiger partial charge in [-0.05, 0) is 54.2 Å². The molecule has 3 aromatic rings. The Morgan fingerprint density at radius 1 is 0.844 bits per heavy atom. The number of esters is 1. The van der Waals surface area contributed by atoms with E-state index in [4.69, 9.17) is 4.74 Å². The average Bonchev–Trinajstić information content (AvgIpc) is 3.07. The average molecular weight is 441 g/mol. The molecular weight excluding hydrogens is 421 g/mol. The van der Waals surface area contributed by atoms with E-state index in [1.807, 2.05) is 54.6 Å². The zero-order chi connectivity index (χ0) is 22.3. The molecule has 0 saturated heterocycles. The van der Waals surface area contributed by atoms with Gasteiger partial charge in [0.15, 0.2) is 0 Å². The number of hydrogen-bond acceptors (Lipinski definition) is 4. The monoisotopic (exact) mass is 441 g/mol. The van der Waals surface area contributed by atoms with Gasteiger partial charge in [-0.1, -0.05) is 84.9 Å². The molecule has 0 aliphatic heterocycles. The molecular formula is C26H20NO4P. The highest BCUT2D eigenvalue weighted by Gasteiger charge is 2.23. The lowest BCUT2D eigenvalue weighted by Gasteiger charge is -2.21. The highest BCUT2D eigenvalue weighted by molar-refractivity contribution is 7.80.